The molecular weight excluding hydrogens is 254 g/mol. The van der Waals surface area contributed by atoms with Gasteiger partial charge >= 0.3 is 0 Å². The van der Waals surface area contributed by atoms with Crippen molar-refractivity contribution in [3.63, 3.8) is 0 Å². The van der Waals surface area contributed by atoms with E-state index in [1.807, 2.05) is 13.1 Å². The SMILES string of the molecule is CNC(Cc1cccs1)c1ccc2nccnc2c1. The summed E-state index contributed by atoms with van der Waals surface area (Å²) < 4.78 is 0. The Hall–Kier alpha value is -1.78. The molecule has 0 aliphatic carbocycles. The lowest BCUT2D eigenvalue weighted by Crippen LogP contribution is -2.18. The van der Waals surface area contributed by atoms with Crippen molar-refractivity contribution < 1.29 is 0 Å². The Morgan fingerprint density at radius 2 is 2.00 bits per heavy atom. The first-order valence-electron chi connectivity index (χ1n) is 6.27. The van der Waals surface area contributed by atoms with Crippen LogP contribution in [0.5, 0.6) is 0 Å². The van der Waals surface area contributed by atoms with E-state index in [-0.39, 0.29) is 0 Å². The van der Waals surface area contributed by atoms with E-state index in [9.17, 15) is 0 Å². The first kappa shape index (κ1) is 12.3. The van der Waals surface area contributed by atoms with E-state index in [4.69, 9.17) is 0 Å². The summed E-state index contributed by atoms with van der Waals surface area (Å²) in [5, 5.41) is 5.50. The van der Waals surface area contributed by atoms with Crippen LogP contribution in [-0.2, 0) is 6.42 Å². The maximum absolute atomic E-state index is 4.37. The summed E-state index contributed by atoms with van der Waals surface area (Å²) in [7, 11) is 2.00. The van der Waals surface area contributed by atoms with Gasteiger partial charge in [0.2, 0.25) is 0 Å². The molecule has 3 rings (SSSR count). The Morgan fingerprint density at radius 1 is 1.16 bits per heavy atom. The molecule has 2 heterocycles. The molecule has 0 bridgehead atoms. The predicted octanol–water partition coefficient (Wildman–Crippen LogP) is 3.19. The third kappa shape index (κ3) is 2.64. The molecule has 0 fully saturated rings. The highest BCUT2D eigenvalue weighted by Crippen LogP contribution is 2.23. The van der Waals surface area contributed by atoms with Crippen LogP contribution in [0.15, 0.2) is 48.1 Å². The third-order valence-electron chi connectivity index (χ3n) is 3.23. The molecule has 1 unspecified atom stereocenters. The van der Waals surface area contributed by atoms with Crippen molar-refractivity contribution in [3.8, 4) is 0 Å². The highest BCUT2D eigenvalue weighted by molar-refractivity contribution is 7.09. The Labute approximate surface area is 116 Å². The van der Waals surface area contributed by atoms with Gasteiger partial charge in [-0.1, -0.05) is 12.1 Å². The van der Waals surface area contributed by atoms with Crippen LogP contribution in [-0.4, -0.2) is 17.0 Å². The molecule has 0 aliphatic heterocycles. The molecule has 96 valence electrons. The lowest BCUT2D eigenvalue weighted by molar-refractivity contribution is 0.597. The molecule has 0 amide bonds. The molecule has 0 saturated heterocycles. The summed E-state index contributed by atoms with van der Waals surface area (Å²) in [6.45, 7) is 0. The molecule has 2 aromatic heterocycles. The van der Waals surface area contributed by atoms with Crippen molar-refractivity contribution >= 4 is 22.4 Å². The third-order valence-corrected chi connectivity index (χ3v) is 4.13. The van der Waals surface area contributed by atoms with Crippen molar-refractivity contribution in [2.75, 3.05) is 7.05 Å². The summed E-state index contributed by atoms with van der Waals surface area (Å²) >= 11 is 1.80. The van der Waals surface area contributed by atoms with Crippen molar-refractivity contribution in [1.82, 2.24) is 15.3 Å². The standard InChI is InChI=1S/C15H15N3S/c1-16-14(10-12-3-2-8-19-12)11-4-5-13-15(9-11)18-7-6-17-13/h2-9,14,16H,10H2,1H3. The van der Waals surface area contributed by atoms with Crippen molar-refractivity contribution in [2.45, 2.75) is 12.5 Å². The number of benzene rings is 1. The van der Waals surface area contributed by atoms with Crippen LogP contribution in [0, 0.1) is 0 Å². The van der Waals surface area contributed by atoms with Gasteiger partial charge in [-0.15, -0.1) is 11.3 Å². The van der Waals surface area contributed by atoms with Gasteiger partial charge in [0, 0.05) is 29.7 Å². The average molecular weight is 269 g/mol. The van der Waals surface area contributed by atoms with Crippen LogP contribution in [0.1, 0.15) is 16.5 Å². The predicted molar refractivity (Wildman–Crippen MR) is 79.4 cm³/mol. The first-order chi connectivity index (χ1) is 9.36. The van der Waals surface area contributed by atoms with Crippen LogP contribution in [0.3, 0.4) is 0 Å². The highest BCUT2D eigenvalue weighted by atomic mass is 32.1. The molecule has 0 spiro atoms. The van der Waals surface area contributed by atoms with Crippen molar-refractivity contribution in [2.24, 2.45) is 0 Å². The van der Waals surface area contributed by atoms with E-state index in [0.717, 1.165) is 17.5 Å². The lowest BCUT2D eigenvalue weighted by Gasteiger charge is -2.16. The van der Waals surface area contributed by atoms with Crippen LogP contribution in [0.4, 0.5) is 0 Å². The zero-order chi connectivity index (χ0) is 13.1. The molecule has 1 N–H and O–H groups in total. The molecule has 3 nitrogen and oxygen atoms in total. The molecular formula is C15H15N3S. The largest absolute Gasteiger partial charge is 0.313 e. The summed E-state index contributed by atoms with van der Waals surface area (Å²) in [6.07, 6.45) is 4.46. The number of thiophene rings is 1. The second kappa shape index (κ2) is 5.47. The number of nitrogens with zero attached hydrogens (tertiary/aromatic N) is 2. The highest BCUT2D eigenvalue weighted by Gasteiger charge is 2.11. The minimum atomic E-state index is 0.310. The maximum Gasteiger partial charge on any atom is 0.0890 e. The van der Waals surface area contributed by atoms with Crippen molar-refractivity contribution in [1.29, 1.82) is 0 Å². The number of nitrogens with one attached hydrogen (secondary N) is 1. The number of hydrogen-bond donors (Lipinski definition) is 1. The molecule has 19 heavy (non-hydrogen) atoms. The summed E-state index contributed by atoms with van der Waals surface area (Å²) in [6, 6.07) is 10.9. The van der Waals surface area contributed by atoms with Crippen LogP contribution < -0.4 is 5.32 Å². The van der Waals surface area contributed by atoms with Crippen LogP contribution in [0.2, 0.25) is 0 Å². The smallest absolute Gasteiger partial charge is 0.0890 e. The fourth-order valence-corrected chi connectivity index (χ4v) is 2.97. The molecule has 1 aromatic carbocycles. The quantitative estimate of drug-likeness (QED) is 0.790. The van der Waals surface area contributed by atoms with E-state index in [1.165, 1.54) is 10.4 Å². The van der Waals surface area contributed by atoms with Gasteiger partial charge in [-0.3, -0.25) is 9.97 Å². The number of hydrogen-bond acceptors (Lipinski definition) is 4. The topological polar surface area (TPSA) is 37.8 Å². The van der Waals surface area contributed by atoms with Gasteiger partial charge in [0.15, 0.2) is 0 Å². The Bertz CT molecular complexity index is 664. The summed E-state index contributed by atoms with van der Waals surface area (Å²) in [5.74, 6) is 0. The molecule has 1 atom stereocenters. The minimum Gasteiger partial charge on any atom is -0.313 e. The second-order valence-corrected chi connectivity index (χ2v) is 5.46. The van der Waals surface area contributed by atoms with Gasteiger partial charge in [0.05, 0.1) is 11.0 Å². The lowest BCUT2D eigenvalue weighted by atomic mass is 10.0. The Morgan fingerprint density at radius 3 is 2.74 bits per heavy atom. The fraction of sp³-hybridized carbons (Fsp3) is 0.200. The number of likely N-dealkylation sites (N-methyl/N-ethyl adjacent to an activating group) is 1. The molecule has 0 radical (unpaired) electrons. The first-order valence-corrected chi connectivity index (χ1v) is 7.15. The second-order valence-electron chi connectivity index (χ2n) is 4.43. The fourth-order valence-electron chi connectivity index (χ4n) is 2.21. The minimum absolute atomic E-state index is 0.310. The van der Waals surface area contributed by atoms with E-state index < -0.39 is 0 Å². The van der Waals surface area contributed by atoms with Gasteiger partial charge in [0.1, 0.15) is 0 Å². The molecule has 4 heteroatoms. The summed E-state index contributed by atoms with van der Waals surface area (Å²) in [4.78, 5) is 10.1. The van der Waals surface area contributed by atoms with E-state index >= 15 is 0 Å². The van der Waals surface area contributed by atoms with Crippen LogP contribution >= 0.6 is 11.3 Å². The Balaban J connectivity index is 1.92. The zero-order valence-electron chi connectivity index (χ0n) is 10.7. The summed E-state index contributed by atoms with van der Waals surface area (Å²) in [5.41, 5.74) is 3.15. The number of rotatable bonds is 4. The van der Waals surface area contributed by atoms with Gasteiger partial charge in [-0.05, 0) is 36.2 Å². The van der Waals surface area contributed by atoms with Gasteiger partial charge < -0.3 is 5.32 Å². The van der Waals surface area contributed by atoms with Crippen molar-refractivity contribution in [3.05, 3.63) is 58.5 Å². The number of aromatic nitrogens is 2. The van der Waals surface area contributed by atoms with Crippen LogP contribution in [0.25, 0.3) is 11.0 Å². The Kier molecular flexibility index (Phi) is 3.53. The zero-order valence-corrected chi connectivity index (χ0v) is 11.5. The normalized spacial score (nSPS) is 12.7. The average Bonchev–Trinajstić information content (AvgIpc) is 2.97. The van der Waals surface area contributed by atoms with Gasteiger partial charge in [0.25, 0.3) is 0 Å². The molecule has 0 aliphatic rings. The maximum atomic E-state index is 4.37. The van der Waals surface area contributed by atoms with E-state index in [0.29, 0.717) is 6.04 Å². The number of fused-ring (bicyclic) bond motifs is 1. The van der Waals surface area contributed by atoms with E-state index in [2.05, 4.69) is 44.9 Å². The monoisotopic (exact) mass is 269 g/mol. The molecule has 0 saturated carbocycles. The van der Waals surface area contributed by atoms with Gasteiger partial charge in [-0.2, -0.15) is 0 Å². The van der Waals surface area contributed by atoms with Gasteiger partial charge in [-0.25, -0.2) is 0 Å². The molecule has 3 aromatic rings. The van der Waals surface area contributed by atoms with E-state index in [1.54, 1.807) is 23.7 Å².